The van der Waals surface area contributed by atoms with Gasteiger partial charge in [0.15, 0.2) is 0 Å². The van der Waals surface area contributed by atoms with Gasteiger partial charge in [-0.25, -0.2) is 9.97 Å². The van der Waals surface area contributed by atoms with E-state index in [0.717, 1.165) is 25.2 Å². The van der Waals surface area contributed by atoms with Crippen LogP contribution in [-0.4, -0.2) is 28.7 Å². The number of aryl methyl sites for hydroxylation is 1. The molecule has 3 aliphatic rings. The first-order valence-electron chi connectivity index (χ1n) is 8.59. The van der Waals surface area contributed by atoms with Crippen molar-refractivity contribution in [3.05, 3.63) is 23.3 Å². The van der Waals surface area contributed by atoms with Gasteiger partial charge in [0.2, 0.25) is 0 Å². The zero-order valence-electron chi connectivity index (χ0n) is 12.8. The second-order valence-electron chi connectivity index (χ2n) is 6.75. The fraction of sp³-hybridized carbons (Fsp3) is 0.765. The molecule has 0 aromatic carbocycles. The van der Waals surface area contributed by atoms with Crippen molar-refractivity contribution in [3.63, 3.8) is 0 Å². The molecule has 1 N–H and O–H groups in total. The number of nitrogens with zero attached hydrogens (tertiary/aromatic N) is 2. The van der Waals surface area contributed by atoms with Crippen molar-refractivity contribution < 1.29 is 4.74 Å². The molecule has 114 valence electrons. The number of rotatable bonds is 4. The highest BCUT2D eigenvalue weighted by Crippen LogP contribution is 2.43. The summed E-state index contributed by atoms with van der Waals surface area (Å²) in [4.78, 5) is 9.66. The summed E-state index contributed by atoms with van der Waals surface area (Å²) in [6, 6.07) is 0.457. The van der Waals surface area contributed by atoms with Crippen LogP contribution in [0.2, 0.25) is 0 Å². The molecule has 2 saturated heterocycles. The van der Waals surface area contributed by atoms with Gasteiger partial charge < -0.3 is 10.1 Å². The molecule has 4 unspecified atom stereocenters. The second kappa shape index (κ2) is 5.65. The third-order valence-electron chi connectivity index (χ3n) is 5.28. The van der Waals surface area contributed by atoms with E-state index >= 15 is 0 Å². The largest absolute Gasteiger partial charge is 0.374 e. The molecule has 2 bridgehead atoms. The fourth-order valence-electron chi connectivity index (χ4n) is 4.18. The second-order valence-corrected chi connectivity index (χ2v) is 6.75. The van der Waals surface area contributed by atoms with Crippen molar-refractivity contribution in [1.82, 2.24) is 15.3 Å². The van der Waals surface area contributed by atoms with Gasteiger partial charge in [-0.05, 0) is 51.5 Å². The molecule has 3 heterocycles. The van der Waals surface area contributed by atoms with Crippen LogP contribution in [0.5, 0.6) is 0 Å². The first-order valence-corrected chi connectivity index (χ1v) is 8.59. The average Bonchev–Trinajstić information content (AvgIpc) is 3.15. The van der Waals surface area contributed by atoms with Crippen LogP contribution in [-0.2, 0) is 11.2 Å². The van der Waals surface area contributed by atoms with Gasteiger partial charge in [0, 0.05) is 29.4 Å². The maximum absolute atomic E-state index is 5.97. The van der Waals surface area contributed by atoms with E-state index in [4.69, 9.17) is 14.7 Å². The van der Waals surface area contributed by atoms with Crippen LogP contribution in [0, 0.1) is 0 Å². The monoisotopic (exact) mass is 287 g/mol. The molecule has 4 atom stereocenters. The SMILES string of the molecule is CCCNC1CCCc2nc(C3CC4CCC3O4)ncc21. The Morgan fingerprint density at radius 2 is 2.29 bits per heavy atom. The minimum absolute atomic E-state index is 0.380. The zero-order valence-corrected chi connectivity index (χ0v) is 12.8. The van der Waals surface area contributed by atoms with Gasteiger partial charge in [0.25, 0.3) is 0 Å². The summed E-state index contributed by atoms with van der Waals surface area (Å²) in [5.74, 6) is 1.48. The predicted molar refractivity (Wildman–Crippen MR) is 81.3 cm³/mol. The number of hydrogen-bond donors (Lipinski definition) is 1. The highest BCUT2D eigenvalue weighted by Gasteiger charge is 2.43. The van der Waals surface area contributed by atoms with Gasteiger partial charge >= 0.3 is 0 Å². The highest BCUT2D eigenvalue weighted by molar-refractivity contribution is 5.26. The Bertz CT molecular complexity index is 519. The molecule has 4 rings (SSSR count). The van der Waals surface area contributed by atoms with E-state index < -0.39 is 0 Å². The van der Waals surface area contributed by atoms with Crippen LogP contribution in [0.4, 0.5) is 0 Å². The molecule has 4 heteroatoms. The molecular weight excluding hydrogens is 262 g/mol. The van der Waals surface area contributed by atoms with E-state index in [9.17, 15) is 0 Å². The third-order valence-corrected chi connectivity index (χ3v) is 5.28. The van der Waals surface area contributed by atoms with Crippen LogP contribution in [0.15, 0.2) is 6.20 Å². The van der Waals surface area contributed by atoms with Crippen LogP contribution in [0.3, 0.4) is 0 Å². The van der Waals surface area contributed by atoms with Gasteiger partial charge in [-0.1, -0.05) is 6.92 Å². The zero-order chi connectivity index (χ0) is 14.2. The average molecular weight is 287 g/mol. The van der Waals surface area contributed by atoms with Gasteiger partial charge in [-0.15, -0.1) is 0 Å². The fourth-order valence-corrected chi connectivity index (χ4v) is 4.18. The first-order chi connectivity index (χ1) is 10.3. The summed E-state index contributed by atoms with van der Waals surface area (Å²) >= 11 is 0. The van der Waals surface area contributed by atoms with E-state index in [-0.39, 0.29) is 0 Å². The minimum atomic E-state index is 0.380. The Morgan fingerprint density at radius 3 is 3.05 bits per heavy atom. The molecule has 1 aliphatic carbocycles. The summed E-state index contributed by atoms with van der Waals surface area (Å²) in [7, 11) is 0. The summed E-state index contributed by atoms with van der Waals surface area (Å²) in [5.41, 5.74) is 2.62. The Hall–Kier alpha value is -1.00. The topological polar surface area (TPSA) is 47.0 Å². The van der Waals surface area contributed by atoms with Crippen LogP contribution >= 0.6 is 0 Å². The molecule has 0 amide bonds. The van der Waals surface area contributed by atoms with E-state index in [1.165, 1.54) is 43.4 Å². The third kappa shape index (κ3) is 2.49. The molecule has 21 heavy (non-hydrogen) atoms. The standard InChI is InChI=1S/C17H25N3O/c1-2-8-18-14-4-3-5-15-13(14)10-19-17(20-15)12-9-11-6-7-16(12)21-11/h10-12,14,16,18H,2-9H2,1H3. The van der Waals surface area contributed by atoms with E-state index in [0.29, 0.717) is 24.2 Å². The normalized spacial score (nSPS) is 34.1. The summed E-state index contributed by atoms with van der Waals surface area (Å²) in [6.45, 7) is 3.29. The minimum Gasteiger partial charge on any atom is -0.374 e. The first kappa shape index (κ1) is 13.6. The van der Waals surface area contributed by atoms with Crippen LogP contribution in [0.1, 0.15) is 74.5 Å². The van der Waals surface area contributed by atoms with Crippen molar-refractivity contribution in [2.45, 2.75) is 76.0 Å². The smallest absolute Gasteiger partial charge is 0.134 e. The number of hydrogen-bond acceptors (Lipinski definition) is 4. The van der Waals surface area contributed by atoms with Crippen LogP contribution < -0.4 is 5.32 Å². The molecule has 4 nitrogen and oxygen atoms in total. The van der Waals surface area contributed by atoms with Crippen LogP contribution in [0.25, 0.3) is 0 Å². The number of ether oxygens (including phenoxy) is 1. The van der Waals surface area contributed by atoms with Crippen molar-refractivity contribution in [2.75, 3.05) is 6.54 Å². The van der Waals surface area contributed by atoms with Crippen molar-refractivity contribution in [2.24, 2.45) is 0 Å². The lowest BCUT2D eigenvalue weighted by Crippen LogP contribution is -2.27. The van der Waals surface area contributed by atoms with Gasteiger partial charge in [-0.3, -0.25) is 0 Å². The molecule has 1 aromatic rings. The molecule has 0 saturated carbocycles. The Labute approximate surface area is 126 Å². The maximum Gasteiger partial charge on any atom is 0.134 e. The van der Waals surface area contributed by atoms with Gasteiger partial charge in [0.1, 0.15) is 5.82 Å². The highest BCUT2D eigenvalue weighted by atomic mass is 16.5. The van der Waals surface area contributed by atoms with E-state index in [1.54, 1.807) is 0 Å². The summed E-state index contributed by atoms with van der Waals surface area (Å²) in [5, 5.41) is 3.64. The predicted octanol–water partition coefficient (Wildman–Crippen LogP) is 2.89. The van der Waals surface area contributed by atoms with Crippen molar-refractivity contribution in [3.8, 4) is 0 Å². The quantitative estimate of drug-likeness (QED) is 0.925. The van der Waals surface area contributed by atoms with Gasteiger partial charge in [-0.2, -0.15) is 0 Å². The van der Waals surface area contributed by atoms with E-state index in [2.05, 4.69) is 18.4 Å². The molecule has 2 fully saturated rings. The summed E-state index contributed by atoms with van der Waals surface area (Å²) < 4.78 is 5.97. The summed E-state index contributed by atoms with van der Waals surface area (Å²) in [6.07, 6.45) is 11.2. The number of nitrogens with one attached hydrogen (secondary N) is 1. The number of fused-ring (bicyclic) bond motifs is 3. The molecule has 2 aliphatic heterocycles. The Balaban J connectivity index is 1.56. The van der Waals surface area contributed by atoms with Crippen molar-refractivity contribution >= 4 is 0 Å². The molecule has 0 radical (unpaired) electrons. The lowest BCUT2D eigenvalue weighted by atomic mass is 9.87. The number of aromatic nitrogens is 2. The molecule has 0 spiro atoms. The lowest BCUT2D eigenvalue weighted by molar-refractivity contribution is 0.0998. The lowest BCUT2D eigenvalue weighted by Gasteiger charge is -2.26. The maximum atomic E-state index is 5.97. The van der Waals surface area contributed by atoms with Gasteiger partial charge in [0.05, 0.1) is 12.2 Å². The Kier molecular flexibility index (Phi) is 3.67. The Morgan fingerprint density at radius 1 is 1.33 bits per heavy atom. The van der Waals surface area contributed by atoms with E-state index in [1.807, 2.05) is 0 Å². The molecular formula is C17H25N3O. The molecule has 1 aromatic heterocycles. The van der Waals surface area contributed by atoms with Crippen molar-refractivity contribution in [1.29, 1.82) is 0 Å².